The third kappa shape index (κ3) is 7.90. The summed E-state index contributed by atoms with van der Waals surface area (Å²) in [5.74, 6) is 0.453. The fourth-order valence-electron chi connectivity index (χ4n) is 3.21. The van der Waals surface area contributed by atoms with Gasteiger partial charge < -0.3 is 15.4 Å². The Morgan fingerprint density at radius 2 is 1.71 bits per heavy atom. The van der Waals surface area contributed by atoms with E-state index in [9.17, 15) is 9.59 Å². The molecule has 0 aliphatic heterocycles. The van der Waals surface area contributed by atoms with E-state index in [1.165, 1.54) is 0 Å². The van der Waals surface area contributed by atoms with E-state index in [2.05, 4.69) is 45.7 Å². The van der Waals surface area contributed by atoms with Crippen LogP contribution < -0.4 is 20.7 Å². The van der Waals surface area contributed by atoms with Gasteiger partial charge in [-0.1, -0.05) is 48.0 Å². The molecule has 0 saturated carbocycles. The maximum Gasteiger partial charge on any atom is 0.261 e. The number of aryl methyl sites for hydroxylation is 1. The highest BCUT2D eigenvalue weighted by Crippen LogP contribution is 2.24. The molecule has 0 atom stereocenters. The second-order valence-corrected chi connectivity index (χ2v) is 9.75. The van der Waals surface area contributed by atoms with Crippen molar-refractivity contribution in [2.45, 2.75) is 27.2 Å². The molecule has 0 spiro atoms. The summed E-state index contributed by atoms with van der Waals surface area (Å²) < 4.78 is 6.60. The molecule has 8 heteroatoms. The molecule has 0 aliphatic carbocycles. The Morgan fingerprint density at radius 1 is 0.971 bits per heavy atom. The van der Waals surface area contributed by atoms with Crippen molar-refractivity contribution in [1.29, 1.82) is 0 Å². The molecule has 3 aromatic rings. The molecule has 6 nitrogen and oxygen atoms in total. The third-order valence-corrected chi connectivity index (χ3v) is 5.83. The number of halogens is 1. The zero-order valence-corrected chi connectivity index (χ0v) is 22.3. The van der Waals surface area contributed by atoms with Crippen LogP contribution >= 0.6 is 28.1 Å². The summed E-state index contributed by atoms with van der Waals surface area (Å²) in [4.78, 5) is 25.3. The van der Waals surface area contributed by atoms with Crippen molar-refractivity contribution in [3.63, 3.8) is 0 Å². The van der Waals surface area contributed by atoms with Crippen LogP contribution in [0.4, 0.5) is 11.4 Å². The highest BCUT2D eigenvalue weighted by atomic mass is 79.9. The molecule has 3 rings (SSSR count). The number of ether oxygens (including phenoxy) is 1. The fraction of sp³-hybridized carbons (Fsp3) is 0.222. The van der Waals surface area contributed by atoms with E-state index in [4.69, 9.17) is 17.0 Å². The zero-order valence-electron chi connectivity index (χ0n) is 19.9. The number of benzene rings is 3. The molecule has 0 radical (unpaired) electrons. The molecule has 0 heterocycles. The molecule has 0 saturated heterocycles. The number of rotatable bonds is 8. The number of amides is 2. The Hall–Kier alpha value is -3.23. The number of hydrogen-bond acceptors (Lipinski definition) is 4. The van der Waals surface area contributed by atoms with Gasteiger partial charge in [-0.3, -0.25) is 14.9 Å². The van der Waals surface area contributed by atoms with Gasteiger partial charge >= 0.3 is 0 Å². The van der Waals surface area contributed by atoms with Crippen molar-refractivity contribution < 1.29 is 14.3 Å². The van der Waals surface area contributed by atoms with Gasteiger partial charge in [-0.25, -0.2) is 0 Å². The summed E-state index contributed by atoms with van der Waals surface area (Å²) in [7, 11) is 0. The van der Waals surface area contributed by atoms with E-state index in [0.29, 0.717) is 40.8 Å². The van der Waals surface area contributed by atoms with Gasteiger partial charge in [0.05, 0.1) is 12.2 Å². The minimum absolute atomic E-state index is 0.156. The SMILES string of the molecule is Cc1cc(NC(=S)NC(=O)c2cc(Br)ccc2OCCC(C)C)ccc1NC(=O)c1ccccc1. The second-order valence-electron chi connectivity index (χ2n) is 8.43. The minimum Gasteiger partial charge on any atom is -0.493 e. The maximum atomic E-state index is 12.9. The molecular weight excluding hydrogens is 526 g/mol. The smallest absolute Gasteiger partial charge is 0.261 e. The summed E-state index contributed by atoms with van der Waals surface area (Å²) in [5, 5.41) is 8.80. The first-order valence-electron chi connectivity index (χ1n) is 11.2. The lowest BCUT2D eigenvalue weighted by Crippen LogP contribution is -2.34. The highest BCUT2D eigenvalue weighted by Gasteiger charge is 2.16. The predicted molar refractivity (Wildman–Crippen MR) is 148 cm³/mol. The second kappa shape index (κ2) is 12.5. The van der Waals surface area contributed by atoms with Crippen LogP contribution in [0.5, 0.6) is 5.75 Å². The average Bonchev–Trinajstić information content (AvgIpc) is 2.82. The summed E-state index contributed by atoms with van der Waals surface area (Å²) in [6.07, 6.45) is 0.887. The lowest BCUT2D eigenvalue weighted by atomic mass is 10.1. The highest BCUT2D eigenvalue weighted by molar-refractivity contribution is 9.10. The molecule has 3 N–H and O–H groups in total. The van der Waals surface area contributed by atoms with Crippen LogP contribution in [-0.4, -0.2) is 23.5 Å². The number of hydrogen-bond donors (Lipinski definition) is 3. The Morgan fingerprint density at radius 3 is 2.40 bits per heavy atom. The molecule has 3 aromatic carbocycles. The van der Waals surface area contributed by atoms with Crippen LogP contribution in [-0.2, 0) is 0 Å². The monoisotopic (exact) mass is 553 g/mol. The van der Waals surface area contributed by atoms with E-state index >= 15 is 0 Å². The van der Waals surface area contributed by atoms with E-state index in [1.54, 1.807) is 36.4 Å². The lowest BCUT2D eigenvalue weighted by Gasteiger charge is -2.15. The normalized spacial score (nSPS) is 10.5. The quantitative estimate of drug-likeness (QED) is 0.275. The number of thiocarbonyl (C=S) groups is 1. The first-order valence-corrected chi connectivity index (χ1v) is 12.4. The first kappa shape index (κ1) is 26.4. The van der Waals surface area contributed by atoms with Gasteiger partial charge in [-0.15, -0.1) is 0 Å². The average molecular weight is 555 g/mol. The van der Waals surface area contributed by atoms with E-state index < -0.39 is 0 Å². The van der Waals surface area contributed by atoms with Gasteiger partial charge in [-0.2, -0.15) is 0 Å². The van der Waals surface area contributed by atoms with Crippen molar-refractivity contribution in [2.75, 3.05) is 17.2 Å². The van der Waals surface area contributed by atoms with E-state index in [0.717, 1.165) is 16.5 Å². The summed E-state index contributed by atoms with van der Waals surface area (Å²) in [6.45, 7) is 6.65. The largest absolute Gasteiger partial charge is 0.493 e. The Labute approximate surface area is 219 Å². The number of nitrogens with one attached hydrogen (secondary N) is 3. The Kier molecular flexibility index (Phi) is 9.39. The summed E-state index contributed by atoms with van der Waals surface area (Å²) in [5.41, 5.74) is 3.20. The zero-order chi connectivity index (χ0) is 25.4. The number of anilines is 2. The molecule has 0 fully saturated rings. The third-order valence-electron chi connectivity index (χ3n) is 5.13. The van der Waals surface area contributed by atoms with Crippen LogP contribution in [0.25, 0.3) is 0 Å². The molecule has 2 amide bonds. The number of carbonyl (C=O) groups excluding carboxylic acids is 2. The molecule has 35 heavy (non-hydrogen) atoms. The van der Waals surface area contributed by atoms with E-state index in [1.807, 2.05) is 37.3 Å². The molecule has 0 bridgehead atoms. The van der Waals surface area contributed by atoms with E-state index in [-0.39, 0.29) is 16.9 Å². The van der Waals surface area contributed by atoms with Crippen molar-refractivity contribution in [3.8, 4) is 5.75 Å². The summed E-state index contributed by atoms with van der Waals surface area (Å²) >= 11 is 8.76. The van der Waals surface area contributed by atoms with Gasteiger partial charge in [0.2, 0.25) is 0 Å². The predicted octanol–water partition coefficient (Wildman–Crippen LogP) is 6.56. The van der Waals surface area contributed by atoms with Crippen molar-refractivity contribution in [2.24, 2.45) is 5.92 Å². The van der Waals surface area contributed by atoms with Crippen LogP contribution in [0.2, 0.25) is 0 Å². The van der Waals surface area contributed by atoms with Crippen LogP contribution in [0.3, 0.4) is 0 Å². The van der Waals surface area contributed by atoms with Crippen LogP contribution in [0.15, 0.2) is 71.2 Å². The Balaban J connectivity index is 1.62. The van der Waals surface area contributed by atoms with Crippen molar-refractivity contribution in [3.05, 3.63) is 87.9 Å². The topological polar surface area (TPSA) is 79.5 Å². The minimum atomic E-state index is -0.369. The molecular formula is C27H28BrN3O3S. The van der Waals surface area contributed by atoms with Gasteiger partial charge in [0.15, 0.2) is 5.11 Å². The first-order chi connectivity index (χ1) is 16.7. The van der Waals surface area contributed by atoms with Crippen molar-refractivity contribution in [1.82, 2.24) is 5.32 Å². The summed E-state index contributed by atoms with van der Waals surface area (Å²) in [6, 6.07) is 19.7. The molecule has 0 aromatic heterocycles. The van der Waals surface area contributed by atoms with Crippen LogP contribution in [0.1, 0.15) is 46.5 Å². The van der Waals surface area contributed by atoms with Gasteiger partial charge in [0, 0.05) is 21.4 Å². The Bertz CT molecular complexity index is 1220. The molecule has 0 unspecified atom stereocenters. The molecule has 182 valence electrons. The van der Waals surface area contributed by atoms with Gasteiger partial charge in [-0.05, 0) is 85.6 Å². The lowest BCUT2D eigenvalue weighted by molar-refractivity contribution is 0.0972. The van der Waals surface area contributed by atoms with Gasteiger partial charge in [0.1, 0.15) is 5.75 Å². The fourth-order valence-corrected chi connectivity index (χ4v) is 3.78. The maximum absolute atomic E-state index is 12.9. The standard InChI is InChI=1S/C27H28BrN3O3S/c1-17(2)13-14-34-24-12-9-20(28)16-22(24)26(33)31-27(35)29-21-10-11-23(18(3)15-21)30-25(32)19-7-5-4-6-8-19/h4-12,15-17H,13-14H2,1-3H3,(H,30,32)(H2,29,31,33,35). The number of carbonyl (C=O) groups is 2. The van der Waals surface area contributed by atoms with Crippen molar-refractivity contribution >= 4 is 56.4 Å². The van der Waals surface area contributed by atoms with Crippen LogP contribution in [0, 0.1) is 12.8 Å². The molecule has 0 aliphatic rings. The van der Waals surface area contributed by atoms with Gasteiger partial charge in [0.25, 0.3) is 11.8 Å².